The van der Waals surface area contributed by atoms with Crippen LogP contribution in [0.15, 0.2) is 42.5 Å². The first-order valence-corrected chi connectivity index (χ1v) is 7.24. The number of rotatable bonds is 5. The molecule has 23 heavy (non-hydrogen) atoms. The van der Waals surface area contributed by atoms with Crippen molar-refractivity contribution in [2.75, 3.05) is 5.32 Å². The van der Waals surface area contributed by atoms with Crippen molar-refractivity contribution in [1.29, 1.82) is 0 Å². The molecule has 2 aromatic carbocycles. The molecule has 0 saturated heterocycles. The predicted molar refractivity (Wildman–Crippen MR) is 88.0 cm³/mol. The number of anilines is 1. The Morgan fingerprint density at radius 3 is 2.61 bits per heavy atom. The molecule has 1 amide bonds. The summed E-state index contributed by atoms with van der Waals surface area (Å²) in [6.07, 6.45) is -0.812. The van der Waals surface area contributed by atoms with Crippen LogP contribution in [-0.2, 0) is 4.79 Å². The van der Waals surface area contributed by atoms with Gasteiger partial charge in [-0.1, -0.05) is 29.8 Å². The summed E-state index contributed by atoms with van der Waals surface area (Å²) in [5.74, 6) is -0.0268. The van der Waals surface area contributed by atoms with Crippen LogP contribution in [0.4, 0.5) is 11.4 Å². The first kappa shape index (κ1) is 16.8. The first-order chi connectivity index (χ1) is 10.9. The molecule has 0 heterocycles. The van der Waals surface area contributed by atoms with Gasteiger partial charge in [0.05, 0.1) is 21.2 Å². The standard InChI is InChI=1S/C16H15ClN2O4/c1-10-13(7-5-8-14(10)19(21)22)18-16(20)11(2)23-15-9-4-3-6-12(15)17/h3-9,11H,1-2H3,(H,18,20)/t11-/m0/s1. The number of hydrogen-bond acceptors (Lipinski definition) is 4. The van der Waals surface area contributed by atoms with Gasteiger partial charge in [0.25, 0.3) is 11.6 Å². The van der Waals surface area contributed by atoms with Crippen molar-refractivity contribution in [2.24, 2.45) is 0 Å². The minimum Gasteiger partial charge on any atom is -0.479 e. The van der Waals surface area contributed by atoms with E-state index in [1.165, 1.54) is 12.1 Å². The lowest BCUT2D eigenvalue weighted by Gasteiger charge is -2.16. The van der Waals surface area contributed by atoms with Gasteiger partial charge in [-0.15, -0.1) is 0 Å². The molecule has 7 heteroatoms. The summed E-state index contributed by atoms with van der Waals surface area (Å²) in [5, 5.41) is 14.0. The lowest BCUT2D eigenvalue weighted by molar-refractivity contribution is -0.385. The van der Waals surface area contributed by atoms with E-state index >= 15 is 0 Å². The Balaban J connectivity index is 2.12. The highest BCUT2D eigenvalue weighted by Crippen LogP contribution is 2.26. The third-order valence-electron chi connectivity index (χ3n) is 3.27. The van der Waals surface area contributed by atoms with Gasteiger partial charge >= 0.3 is 0 Å². The summed E-state index contributed by atoms with van der Waals surface area (Å²) in [6.45, 7) is 3.15. The maximum Gasteiger partial charge on any atom is 0.274 e. The van der Waals surface area contributed by atoms with Crippen LogP contribution >= 0.6 is 11.6 Å². The number of carbonyl (C=O) groups is 1. The molecule has 0 aliphatic carbocycles. The van der Waals surface area contributed by atoms with Crippen LogP contribution < -0.4 is 10.1 Å². The second kappa shape index (κ2) is 7.11. The Morgan fingerprint density at radius 2 is 1.96 bits per heavy atom. The molecule has 0 aliphatic heterocycles. The zero-order chi connectivity index (χ0) is 17.0. The fraction of sp³-hybridized carbons (Fsp3) is 0.188. The van der Waals surface area contributed by atoms with Gasteiger partial charge in [0.15, 0.2) is 6.10 Å². The number of benzene rings is 2. The molecule has 0 aliphatic rings. The van der Waals surface area contributed by atoms with Gasteiger partial charge in [-0.25, -0.2) is 0 Å². The van der Waals surface area contributed by atoms with E-state index in [1.54, 1.807) is 44.2 Å². The molecule has 1 N–H and O–H groups in total. The summed E-state index contributed by atoms with van der Waals surface area (Å²) in [6, 6.07) is 11.3. The van der Waals surface area contributed by atoms with Crippen molar-refractivity contribution in [3.8, 4) is 5.75 Å². The monoisotopic (exact) mass is 334 g/mol. The number of carbonyl (C=O) groups excluding carboxylic acids is 1. The Labute approximate surface area is 138 Å². The highest BCUT2D eigenvalue weighted by molar-refractivity contribution is 6.32. The lowest BCUT2D eigenvalue weighted by Crippen LogP contribution is -2.30. The maximum atomic E-state index is 12.2. The Kier molecular flexibility index (Phi) is 5.18. The van der Waals surface area contributed by atoms with Crippen LogP contribution in [0.5, 0.6) is 5.75 Å². The van der Waals surface area contributed by atoms with Crippen LogP contribution in [0.3, 0.4) is 0 Å². The van der Waals surface area contributed by atoms with Crippen LogP contribution in [0, 0.1) is 17.0 Å². The lowest BCUT2D eigenvalue weighted by atomic mass is 10.1. The van der Waals surface area contributed by atoms with Crippen molar-refractivity contribution < 1.29 is 14.5 Å². The summed E-state index contributed by atoms with van der Waals surface area (Å²) < 4.78 is 5.52. The van der Waals surface area contributed by atoms with E-state index < -0.39 is 16.9 Å². The normalized spacial score (nSPS) is 11.6. The van der Waals surface area contributed by atoms with Gasteiger partial charge in [0.2, 0.25) is 0 Å². The number of halogens is 1. The van der Waals surface area contributed by atoms with E-state index in [9.17, 15) is 14.9 Å². The zero-order valence-electron chi connectivity index (χ0n) is 12.6. The minimum atomic E-state index is -0.812. The van der Waals surface area contributed by atoms with E-state index in [4.69, 9.17) is 16.3 Å². The summed E-state index contributed by atoms with van der Waals surface area (Å²) in [4.78, 5) is 22.6. The Hall–Kier alpha value is -2.60. The SMILES string of the molecule is Cc1c(NC(=O)[C@H](C)Oc2ccccc2Cl)cccc1[N+](=O)[O-]. The largest absolute Gasteiger partial charge is 0.479 e. The Morgan fingerprint density at radius 1 is 1.26 bits per heavy atom. The quantitative estimate of drug-likeness (QED) is 0.662. The Bertz CT molecular complexity index is 749. The number of nitrogens with zero attached hydrogens (tertiary/aromatic N) is 1. The van der Waals surface area contributed by atoms with Gasteiger partial charge in [0.1, 0.15) is 5.75 Å². The fourth-order valence-corrected chi connectivity index (χ4v) is 2.16. The van der Waals surface area contributed by atoms with Gasteiger partial charge in [-0.2, -0.15) is 0 Å². The molecular weight excluding hydrogens is 320 g/mol. The smallest absolute Gasteiger partial charge is 0.274 e. The maximum absolute atomic E-state index is 12.2. The number of nitro groups is 1. The summed E-state index contributed by atoms with van der Waals surface area (Å²) in [7, 11) is 0. The minimum absolute atomic E-state index is 0.0533. The molecule has 0 spiro atoms. The number of nitro benzene ring substituents is 1. The highest BCUT2D eigenvalue weighted by atomic mass is 35.5. The first-order valence-electron chi connectivity index (χ1n) is 6.86. The molecule has 0 unspecified atom stereocenters. The van der Waals surface area contributed by atoms with Crippen molar-refractivity contribution in [1.82, 2.24) is 0 Å². The van der Waals surface area contributed by atoms with Gasteiger partial charge in [-0.05, 0) is 32.0 Å². The molecule has 0 saturated carbocycles. The molecule has 0 radical (unpaired) electrons. The molecule has 1 atom stereocenters. The number of nitrogens with one attached hydrogen (secondary N) is 1. The average Bonchev–Trinajstić information content (AvgIpc) is 2.51. The average molecular weight is 335 g/mol. The number of hydrogen-bond donors (Lipinski definition) is 1. The van der Waals surface area contributed by atoms with Crippen molar-refractivity contribution in [2.45, 2.75) is 20.0 Å². The molecule has 2 rings (SSSR count). The van der Waals surface area contributed by atoms with Crippen LogP contribution in [0.25, 0.3) is 0 Å². The number of para-hydroxylation sites is 1. The molecule has 0 aromatic heterocycles. The van der Waals surface area contributed by atoms with Crippen molar-refractivity contribution in [3.05, 3.63) is 63.2 Å². The van der Waals surface area contributed by atoms with E-state index in [-0.39, 0.29) is 5.69 Å². The summed E-state index contributed by atoms with van der Waals surface area (Å²) >= 11 is 5.98. The van der Waals surface area contributed by atoms with Crippen LogP contribution in [0.1, 0.15) is 12.5 Å². The van der Waals surface area contributed by atoms with Crippen LogP contribution in [0.2, 0.25) is 5.02 Å². The van der Waals surface area contributed by atoms with Crippen LogP contribution in [-0.4, -0.2) is 16.9 Å². The summed E-state index contributed by atoms with van der Waals surface area (Å²) in [5.41, 5.74) is 0.706. The van der Waals surface area contributed by atoms with Crippen molar-refractivity contribution >= 4 is 28.9 Å². The molecule has 6 nitrogen and oxygen atoms in total. The number of amides is 1. The predicted octanol–water partition coefficient (Wildman–Crippen LogP) is 3.96. The molecule has 0 fully saturated rings. The zero-order valence-corrected chi connectivity index (χ0v) is 13.3. The fourth-order valence-electron chi connectivity index (χ4n) is 1.98. The molecule has 0 bridgehead atoms. The highest BCUT2D eigenvalue weighted by Gasteiger charge is 2.19. The van der Waals surface area contributed by atoms with E-state index in [0.717, 1.165) is 0 Å². The topological polar surface area (TPSA) is 81.5 Å². The molecule has 2 aromatic rings. The third-order valence-corrected chi connectivity index (χ3v) is 3.58. The van der Waals surface area contributed by atoms with E-state index in [1.807, 2.05) is 0 Å². The molecular formula is C16H15ClN2O4. The second-order valence-corrected chi connectivity index (χ2v) is 5.29. The second-order valence-electron chi connectivity index (χ2n) is 4.89. The van der Waals surface area contributed by atoms with Crippen molar-refractivity contribution in [3.63, 3.8) is 0 Å². The number of ether oxygens (including phenoxy) is 1. The molecule has 120 valence electrons. The third kappa shape index (κ3) is 3.98. The van der Waals surface area contributed by atoms with E-state index in [2.05, 4.69) is 5.32 Å². The van der Waals surface area contributed by atoms with Gasteiger partial charge in [0, 0.05) is 6.07 Å². The van der Waals surface area contributed by atoms with Gasteiger partial charge < -0.3 is 10.1 Å². The van der Waals surface area contributed by atoms with E-state index in [0.29, 0.717) is 22.0 Å². The van der Waals surface area contributed by atoms with Gasteiger partial charge in [-0.3, -0.25) is 14.9 Å².